The van der Waals surface area contributed by atoms with Crippen LogP contribution in [-0.4, -0.2) is 52.1 Å². The summed E-state index contributed by atoms with van der Waals surface area (Å²) < 4.78 is 1.28. The average Bonchev–Trinajstić information content (AvgIpc) is 3.02. The highest BCUT2D eigenvalue weighted by Gasteiger charge is 2.41. The number of pyridine rings is 1. The quantitative estimate of drug-likeness (QED) is 0.521. The van der Waals surface area contributed by atoms with Gasteiger partial charge in [0.25, 0.3) is 0 Å². The van der Waals surface area contributed by atoms with E-state index in [2.05, 4.69) is 81.7 Å². The molecule has 0 spiro atoms. The van der Waals surface area contributed by atoms with Gasteiger partial charge >= 0.3 is 0 Å². The van der Waals surface area contributed by atoms with E-state index in [1.54, 1.807) is 0 Å². The smallest absolute Gasteiger partial charge is 0.170 e. The van der Waals surface area contributed by atoms with Gasteiger partial charge in [-0.1, -0.05) is 6.07 Å². The standard InChI is InChI=1S/C18H24IN5S/c1-11-14(15(19)12(2)21-11)17-16(13-7-5-6-8-20-13)22-18(25)24(17)10-9-23(3)4/h5-8,16-17,21H,9-10H2,1-4H3,(H,22,25)/t16-,17-/m0/s1. The van der Waals surface area contributed by atoms with Crippen LogP contribution < -0.4 is 5.32 Å². The van der Waals surface area contributed by atoms with Crippen molar-refractivity contribution >= 4 is 39.9 Å². The molecular formula is C18H24IN5S. The lowest BCUT2D eigenvalue weighted by Gasteiger charge is -2.29. The third kappa shape index (κ3) is 3.68. The minimum Gasteiger partial charge on any atom is -0.362 e. The van der Waals surface area contributed by atoms with Crippen LogP contribution in [0, 0.1) is 17.4 Å². The van der Waals surface area contributed by atoms with Crippen LogP contribution in [0.2, 0.25) is 0 Å². The van der Waals surface area contributed by atoms with Crippen molar-refractivity contribution in [1.82, 2.24) is 25.1 Å². The largest absolute Gasteiger partial charge is 0.362 e. The number of likely N-dealkylation sites (N-methyl/N-ethyl adjacent to an activating group) is 1. The van der Waals surface area contributed by atoms with Crippen LogP contribution in [0.1, 0.15) is 34.7 Å². The minimum atomic E-state index is 0.0540. The van der Waals surface area contributed by atoms with Crippen molar-refractivity contribution in [1.29, 1.82) is 0 Å². The van der Waals surface area contributed by atoms with Crippen LogP contribution in [0.4, 0.5) is 0 Å². The number of aromatic amines is 1. The molecule has 134 valence electrons. The molecule has 3 heterocycles. The van der Waals surface area contributed by atoms with E-state index in [1.165, 1.54) is 20.5 Å². The highest BCUT2D eigenvalue weighted by molar-refractivity contribution is 14.1. The van der Waals surface area contributed by atoms with Crippen molar-refractivity contribution in [3.05, 3.63) is 50.6 Å². The number of nitrogens with one attached hydrogen (secondary N) is 2. The normalized spacial score (nSPS) is 20.4. The second-order valence-electron chi connectivity index (χ2n) is 6.73. The third-order valence-electron chi connectivity index (χ3n) is 4.63. The number of H-pyrrole nitrogens is 1. The second kappa shape index (κ2) is 7.59. The second-order valence-corrected chi connectivity index (χ2v) is 8.19. The predicted octanol–water partition coefficient (Wildman–Crippen LogP) is 3.17. The molecule has 0 aliphatic carbocycles. The first kappa shape index (κ1) is 18.6. The molecule has 0 saturated carbocycles. The minimum absolute atomic E-state index is 0.0540. The maximum Gasteiger partial charge on any atom is 0.170 e. The van der Waals surface area contributed by atoms with E-state index in [0.717, 1.165) is 23.9 Å². The molecule has 1 fully saturated rings. The Morgan fingerprint density at radius 2 is 2.04 bits per heavy atom. The topological polar surface area (TPSA) is 47.2 Å². The molecule has 7 heteroatoms. The first-order valence-corrected chi connectivity index (χ1v) is 9.86. The molecule has 2 aromatic heterocycles. The zero-order valence-corrected chi connectivity index (χ0v) is 18.0. The number of aromatic nitrogens is 2. The van der Waals surface area contributed by atoms with E-state index >= 15 is 0 Å². The zero-order chi connectivity index (χ0) is 18.1. The molecule has 1 aliphatic rings. The van der Waals surface area contributed by atoms with Crippen LogP contribution >= 0.6 is 34.8 Å². The maximum atomic E-state index is 5.70. The lowest BCUT2D eigenvalue weighted by atomic mass is 9.97. The molecule has 1 saturated heterocycles. The van der Waals surface area contributed by atoms with Crippen LogP contribution in [0.5, 0.6) is 0 Å². The summed E-state index contributed by atoms with van der Waals surface area (Å²) in [5.41, 5.74) is 4.75. The molecule has 5 nitrogen and oxygen atoms in total. The van der Waals surface area contributed by atoms with Crippen molar-refractivity contribution in [3.8, 4) is 0 Å². The summed E-state index contributed by atoms with van der Waals surface area (Å²) in [5, 5.41) is 4.32. The first-order chi connectivity index (χ1) is 11.9. The van der Waals surface area contributed by atoms with E-state index in [9.17, 15) is 0 Å². The van der Waals surface area contributed by atoms with E-state index in [-0.39, 0.29) is 12.1 Å². The van der Waals surface area contributed by atoms with Gasteiger partial charge in [0.2, 0.25) is 0 Å². The van der Waals surface area contributed by atoms with Gasteiger partial charge in [0.15, 0.2) is 5.11 Å². The van der Waals surface area contributed by atoms with E-state index in [4.69, 9.17) is 12.2 Å². The van der Waals surface area contributed by atoms with Gasteiger partial charge in [0.1, 0.15) is 0 Å². The van der Waals surface area contributed by atoms with Gasteiger partial charge in [0.05, 0.1) is 17.8 Å². The number of halogens is 1. The van der Waals surface area contributed by atoms with Gasteiger partial charge in [-0.2, -0.15) is 0 Å². The third-order valence-corrected chi connectivity index (χ3v) is 6.37. The number of nitrogens with zero attached hydrogens (tertiary/aromatic N) is 3. The first-order valence-electron chi connectivity index (χ1n) is 8.37. The number of hydrogen-bond acceptors (Lipinski definition) is 3. The summed E-state index contributed by atoms with van der Waals surface area (Å²) in [7, 11) is 4.18. The average molecular weight is 469 g/mol. The Morgan fingerprint density at radius 3 is 2.60 bits per heavy atom. The SMILES string of the molecule is Cc1[nH]c(C)c([C@H]2[C@H](c3ccccn3)NC(=S)N2CCN(C)C)c1I. The fraction of sp³-hybridized carbons (Fsp3) is 0.444. The Morgan fingerprint density at radius 1 is 1.28 bits per heavy atom. The Balaban J connectivity index is 2.05. The summed E-state index contributed by atoms with van der Waals surface area (Å²) in [6, 6.07) is 6.25. The number of thiocarbonyl (C=S) groups is 1. The summed E-state index contributed by atoms with van der Waals surface area (Å²) in [5.74, 6) is 0. The molecule has 2 atom stereocenters. The van der Waals surface area contributed by atoms with Gasteiger partial charge in [-0.25, -0.2) is 0 Å². The van der Waals surface area contributed by atoms with E-state index < -0.39 is 0 Å². The molecule has 0 radical (unpaired) electrons. The molecule has 3 rings (SSSR count). The van der Waals surface area contributed by atoms with Gasteiger partial charge in [-0.3, -0.25) is 4.98 Å². The van der Waals surface area contributed by atoms with Crippen molar-refractivity contribution < 1.29 is 0 Å². The lowest BCUT2D eigenvalue weighted by molar-refractivity contribution is 0.276. The molecule has 2 aromatic rings. The molecule has 0 unspecified atom stereocenters. The molecule has 2 N–H and O–H groups in total. The molecule has 1 aliphatic heterocycles. The monoisotopic (exact) mass is 469 g/mol. The molecule has 0 aromatic carbocycles. The highest BCUT2D eigenvalue weighted by Crippen LogP contribution is 2.42. The Bertz CT molecular complexity index is 758. The van der Waals surface area contributed by atoms with Crippen LogP contribution in [0.25, 0.3) is 0 Å². The van der Waals surface area contributed by atoms with E-state index in [1.807, 2.05) is 18.3 Å². The fourth-order valence-corrected chi connectivity index (χ4v) is 4.58. The van der Waals surface area contributed by atoms with Crippen molar-refractivity contribution in [3.63, 3.8) is 0 Å². The lowest BCUT2D eigenvalue weighted by Crippen LogP contribution is -2.35. The van der Waals surface area contributed by atoms with Crippen LogP contribution in [0.3, 0.4) is 0 Å². The number of aryl methyl sites for hydroxylation is 2. The number of hydrogen-bond donors (Lipinski definition) is 2. The zero-order valence-electron chi connectivity index (χ0n) is 15.0. The predicted molar refractivity (Wildman–Crippen MR) is 114 cm³/mol. The summed E-state index contributed by atoms with van der Waals surface area (Å²) in [4.78, 5) is 12.6. The van der Waals surface area contributed by atoms with Crippen molar-refractivity contribution in [2.24, 2.45) is 0 Å². The van der Waals surface area contributed by atoms with Crippen LogP contribution in [-0.2, 0) is 0 Å². The Labute approximate surface area is 168 Å². The van der Waals surface area contributed by atoms with E-state index in [0.29, 0.717) is 0 Å². The Kier molecular flexibility index (Phi) is 5.65. The molecular weight excluding hydrogens is 445 g/mol. The van der Waals surface area contributed by atoms with Gasteiger partial charge in [-0.15, -0.1) is 0 Å². The molecule has 0 amide bonds. The van der Waals surface area contributed by atoms with Gasteiger partial charge in [0, 0.05) is 39.8 Å². The summed E-state index contributed by atoms with van der Waals surface area (Å²) >= 11 is 8.14. The fourth-order valence-electron chi connectivity index (χ4n) is 3.39. The van der Waals surface area contributed by atoms with Gasteiger partial charge < -0.3 is 20.1 Å². The Hall–Kier alpha value is -1.19. The summed E-state index contributed by atoms with van der Waals surface area (Å²) in [6.45, 7) is 6.10. The summed E-state index contributed by atoms with van der Waals surface area (Å²) in [6.07, 6.45) is 1.85. The highest BCUT2D eigenvalue weighted by atomic mass is 127. The van der Waals surface area contributed by atoms with Gasteiger partial charge in [-0.05, 0) is 74.9 Å². The van der Waals surface area contributed by atoms with Crippen molar-refractivity contribution in [2.45, 2.75) is 25.9 Å². The molecule has 0 bridgehead atoms. The molecule has 25 heavy (non-hydrogen) atoms. The maximum absolute atomic E-state index is 5.70. The number of rotatable bonds is 5. The van der Waals surface area contributed by atoms with Crippen molar-refractivity contribution in [2.75, 3.05) is 27.2 Å². The van der Waals surface area contributed by atoms with Crippen LogP contribution in [0.15, 0.2) is 24.4 Å².